The molecular weight excluding hydrogens is 316 g/mol. The van der Waals surface area contributed by atoms with Crippen molar-refractivity contribution in [2.24, 2.45) is 0 Å². The smallest absolute Gasteiger partial charge is 0.245 e. The van der Waals surface area contributed by atoms with Gasteiger partial charge in [-0.2, -0.15) is 0 Å². The van der Waals surface area contributed by atoms with Crippen LogP contribution in [0.4, 0.5) is 0 Å². The van der Waals surface area contributed by atoms with E-state index in [0.717, 1.165) is 18.7 Å². The maximum Gasteiger partial charge on any atom is 0.245 e. The maximum atomic E-state index is 12.7. The standard InChI is InChI=1S/C19H24N4O2/c1-3-21-14-20-11-17(21)12-23-15(2)19(25)22(13-18(23)24)10-9-16-7-5-4-6-8-16/h4-8,11,14-15H,3,9-10,12-13H2,1-2H3/t15-/m0/s1. The predicted octanol–water partition coefficient (Wildman–Crippen LogP) is 1.70. The van der Waals surface area contributed by atoms with E-state index in [0.29, 0.717) is 13.1 Å². The van der Waals surface area contributed by atoms with E-state index >= 15 is 0 Å². The Labute approximate surface area is 148 Å². The summed E-state index contributed by atoms with van der Waals surface area (Å²) in [5, 5.41) is 0. The summed E-state index contributed by atoms with van der Waals surface area (Å²) in [6.45, 7) is 5.77. The molecule has 1 aromatic heterocycles. The number of piperazine rings is 1. The van der Waals surface area contributed by atoms with Crippen molar-refractivity contribution in [3.63, 3.8) is 0 Å². The van der Waals surface area contributed by atoms with Gasteiger partial charge in [-0.05, 0) is 25.8 Å². The Kier molecular flexibility index (Phi) is 5.16. The number of hydrogen-bond donors (Lipinski definition) is 0. The van der Waals surface area contributed by atoms with E-state index in [2.05, 4.69) is 4.98 Å². The Morgan fingerprint density at radius 2 is 1.96 bits per heavy atom. The van der Waals surface area contributed by atoms with Crippen LogP contribution in [0.25, 0.3) is 0 Å². The van der Waals surface area contributed by atoms with Gasteiger partial charge in [-0.25, -0.2) is 4.98 Å². The predicted molar refractivity (Wildman–Crippen MR) is 94.6 cm³/mol. The van der Waals surface area contributed by atoms with Gasteiger partial charge in [-0.15, -0.1) is 0 Å². The fraction of sp³-hybridized carbons (Fsp3) is 0.421. The Hall–Kier alpha value is -2.63. The molecule has 0 saturated carbocycles. The second-order valence-electron chi connectivity index (χ2n) is 6.36. The average molecular weight is 340 g/mol. The summed E-state index contributed by atoms with van der Waals surface area (Å²) in [5.74, 6) is 0.00195. The number of carbonyl (C=O) groups excluding carboxylic acids is 2. The first-order valence-corrected chi connectivity index (χ1v) is 8.71. The largest absolute Gasteiger partial charge is 0.333 e. The lowest BCUT2D eigenvalue weighted by Gasteiger charge is -2.38. The van der Waals surface area contributed by atoms with Crippen LogP contribution in [0, 0.1) is 0 Å². The molecule has 1 aromatic carbocycles. The maximum absolute atomic E-state index is 12.7. The molecule has 2 heterocycles. The monoisotopic (exact) mass is 340 g/mol. The number of carbonyl (C=O) groups is 2. The Morgan fingerprint density at radius 1 is 1.20 bits per heavy atom. The SMILES string of the molecule is CCn1cncc1CN1C(=O)CN(CCc2ccccc2)C(=O)[C@@H]1C. The van der Waals surface area contributed by atoms with Crippen molar-refractivity contribution in [3.8, 4) is 0 Å². The van der Waals surface area contributed by atoms with Gasteiger partial charge in [-0.3, -0.25) is 9.59 Å². The fourth-order valence-corrected chi connectivity index (χ4v) is 3.21. The van der Waals surface area contributed by atoms with E-state index in [1.54, 1.807) is 22.3 Å². The van der Waals surface area contributed by atoms with Crippen LogP contribution in [0.3, 0.4) is 0 Å². The summed E-state index contributed by atoms with van der Waals surface area (Å²) in [6, 6.07) is 9.58. The lowest BCUT2D eigenvalue weighted by Crippen LogP contribution is -2.58. The van der Waals surface area contributed by atoms with Crippen LogP contribution in [-0.4, -0.2) is 50.3 Å². The summed E-state index contributed by atoms with van der Waals surface area (Å²) in [5.41, 5.74) is 2.12. The quantitative estimate of drug-likeness (QED) is 0.804. The molecule has 0 N–H and O–H groups in total. The molecule has 0 unspecified atom stereocenters. The Balaban J connectivity index is 1.65. The number of amides is 2. The first-order chi connectivity index (χ1) is 12.1. The second kappa shape index (κ2) is 7.51. The highest BCUT2D eigenvalue weighted by Crippen LogP contribution is 2.17. The lowest BCUT2D eigenvalue weighted by molar-refractivity contribution is -0.155. The van der Waals surface area contributed by atoms with Crippen molar-refractivity contribution in [1.29, 1.82) is 0 Å². The summed E-state index contributed by atoms with van der Waals surface area (Å²) in [6.07, 6.45) is 4.27. The van der Waals surface area contributed by atoms with Crippen molar-refractivity contribution in [1.82, 2.24) is 19.4 Å². The zero-order valence-electron chi connectivity index (χ0n) is 14.8. The van der Waals surface area contributed by atoms with Crippen LogP contribution < -0.4 is 0 Å². The number of aromatic nitrogens is 2. The van der Waals surface area contributed by atoms with E-state index in [-0.39, 0.29) is 18.4 Å². The minimum atomic E-state index is -0.447. The summed E-state index contributed by atoms with van der Waals surface area (Å²) < 4.78 is 1.99. The lowest BCUT2D eigenvalue weighted by atomic mass is 10.1. The Bertz CT molecular complexity index is 741. The minimum absolute atomic E-state index is 0.0102. The summed E-state index contributed by atoms with van der Waals surface area (Å²) in [7, 11) is 0. The van der Waals surface area contributed by atoms with Gasteiger partial charge in [-0.1, -0.05) is 30.3 Å². The average Bonchev–Trinajstić information content (AvgIpc) is 3.08. The molecule has 2 aromatic rings. The molecule has 1 aliphatic rings. The van der Waals surface area contributed by atoms with Gasteiger partial charge in [0, 0.05) is 19.3 Å². The highest BCUT2D eigenvalue weighted by molar-refractivity contribution is 5.94. The van der Waals surface area contributed by atoms with Crippen LogP contribution in [0.1, 0.15) is 25.1 Å². The van der Waals surface area contributed by atoms with Gasteiger partial charge in [0.1, 0.15) is 6.04 Å². The van der Waals surface area contributed by atoms with E-state index in [4.69, 9.17) is 0 Å². The summed E-state index contributed by atoms with van der Waals surface area (Å²) >= 11 is 0. The zero-order valence-corrected chi connectivity index (χ0v) is 14.8. The van der Waals surface area contributed by atoms with Gasteiger partial charge in [0.15, 0.2) is 0 Å². The van der Waals surface area contributed by atoms with Crippen molar-refractivity contribution in [2.45, 2.75) is 39.4 Å². The van der Waals surface area contributed by atoms with Crippen LogP contribution in [0.5, 0.6) is 0 Å². The first-order valence-electron chi connectivity index (χ1n) is 8.71. The number of hydrogen-bond acceptors (Lipinski definition) is 3. The minimum Gasteiger partial charge on any atom is -0.333 e. The van der Waals surface area contributed by atoms with E-state index < -0.39 is 6.04 Å². The number of nitrogens with zero attached hydrogens (tertiary/aromatic N) is 4. The molecule has 1 atom stereocenters. The van der Waals surface area contributed by atoms with Crippen molar-refractivity contribution >= 4 is 11.8 Å². The molecule has 0 radical (unpaired) electrons. The summed E-state index contributed by atoms with van der Waals surface area (Å²) in [4.78, 5) is 32.8. The molecular formula is C19H24N4O2. The normalized spacial score (nSPS) is 18.1. The number of rotatable bonds is 6. The molecule has 0 aliphatic carbocycles. The molecule has 3 rings (SSSR count). The zero-order chi connectivity index (χ0) is 17.8. The van der Waals surface area contributed by atoms with Gasteiger partial charge in [0.05, 0.1) is 25.1 Å². The molecule has 6 nitrogen and oxygen atoms in total. The molecule has 1 aliphatic heterocycles. The molecule has 0 bridgehead atoms. The van der Waals surface area contributed by atoms with Gasteiger partial charge >= 0.3 is 0 Å². The van der Waals surface area contributed by atoms with E-state index in [1.807, 2.05) is 48.7 Å². The van der Waals surface area contributed by atoms with Gasteiger partial charge < -0.3 is 14.4 Å². The second-order valence-corrected chi connectivity index (χ2v) is 6.36. The van der Waals surface area contributed by atoms with Gasteiger partial charge in [0.2, 0.25) is 11.8 Å². The van der Waals surface area contributed by atoms with E-state index in [9.17, 15) is 9.59 Å². The Morgan fingerprint density at radius 3 is 2.68 bits per heavy atom. The fourth-order valence-electron chi connectivity index (χ4n) is 3.21. The van der Waals surface area contributed by atoms with Crippen LogP contribution in [-0.2, 0) is 29.1 Å². The molecule has 1 fully saturated rings. The highest BCUT2D eigenvalue weighted by Gasteiger charge is 2.36. The van der Waals surface area contributed by atoms with Crippen molar-refractivity contribution in [2.75, 3.05) is 13.1 Å². The number of benzene rings is 1. The third kappa shape index (κ3) is 3.73. The van der Waals surface area contributed by atoms with Crippen LogP contribution >= 0.6 is 0 Å². The number of aryl methyl sites for hydroxylation is 1. The van der Waals surface area contributed by atoms with Crippen LogP contribution in [0.15, 0.2) is 42.9 Å². The highest BCUT2D eigenvalue weighted by atomic mass is 16.2. The molecule has 1 saturated heterocycles. The first kappa shape index (κ1) is 17.2. The molecule has 6 heteroatoms. The van der Waals surface area contributed by atoms with Crippen molar-refractivity contribution in [3.05, 3.63) is 54.1 Å². The third-order valence-electron chi connectivity index (χ3n) is 4.77. The van der Waals surface area contributed by atoms with Crippen molar-refractivity contribution < 1.29 is 9.59 Å². The van der Waals surface area contributed by atoms with Crippen LogP contribution in [0.2, 0.25) is 0 Å². The topological polar surface area (TPSA) is 58.4 Å². The number of imidazole rings is 1. The molecule has 0 spiro atoms. The third-order valence-corrected chi connectivity index (χ3v) is 4.77. The van der Waals surface area contributed by atoms with E-state index in [1.165, 1.54) is 5.56 Å². The molecule has 25 heavy (non-hydrogen) atoms. The van der Waals surface area contributed by atoms with Gasteiger partial charge in [0.25, 0.3) is 0 Å². The molecule has 2 amide bonds. The molecule has 132 valence electrons.